The van der Waals surface area contributed by atoms with E-state index in [1.165, 1.54) is 12.1 Å². The predicted molar refractivity (Wildman–Crippen MR) is 58.3 cm³/mol. The largest absolute Gasteiger partial charge is 0.420 e. The van der Waals surface area contributed by atoms with Gasteiger partial charge in [0.15, 0.2) is 0 Å². The minimum atomic E-state index is -4.70. The fraction of sp³-hybridized carbons (Fsp3) is 0.0909. The van der Waals surface area contributed by atoms with Crippen molar-refractivity contribution < 1.29 is 17.6 Å². The van der Waals surface area contributed by atoms with Crippen LogP contribution in [0.4, 0.5) is 17.6 Å². The minimum absolute atomic E-state index is 0.0603. The second kappa shape index (κ2) is 3.56. The fourth-order valence-corrected chi connectivity index (χ4v) is 1.94. The lowest BCUT2D eigenvalue weighted by Gasteiger charge is -2.05. The van der Waals surface area contributed by atoms with Crippen molar-refractivity contribution in [1.82, 2.24) is 14.6 Å². The predicted octanol–water partition coefficient (Wildman–Crippen LogP) is 2.33. The summed E-state index contributed by atoms with van der Waals surface area (Å²) < 4.78 is 52.5. The highest BCUT2D eigenvalue weighted by Crippen LogP contribution is 2.31. The molecule has 2 heterocycles. The lowest BCUT2D eigenvalue weighted by Crippen LogP contribution is -2.15. The molecule has 0 saturated carbocycles. The van der Waals surface area contributed by atoms with Crippen LogP contribution in [-0.2, 0) is 6.18 Å². The van der Waals surface area contributed by atoms with E-state index in [4.69, 9.17) is 0 Å². The Morgan fingerprint density at radius 1 is 1.26 bits per heavy atom. The second-order valence-electron chi connectivity index (χ2n) is 3.90. The van der Waals surface area contributed by atoms with Gasteiger partial charge in [0.05, 0.1) is 11.7 Å². The van der Waals surface area contributed by atoms with Crippen molar-refractivity contribution >= 4 is 16.6 Å². The maximum absolute atomic E-state index is 13.5. The standard InChI is InChI=1S/C11H5F4N3O/c12-6-2-1-3-7-8(6)17-10(19)9-5(11(13,14)15)4-16-18(7)9/h1-4H,(H,17,19). The fourth-order valence-electron chi connectivity index (χ4n) is 1.94. The molecule has 0 aliphatic carbocycles. The molecule has 0 bridgehead atoms. The van der Waals surface area contributed by atoms with Gasteiger partial charge in [-0.05, 0) is 12.1 Å². The van der Waals surface area contributed by atoms with Gasteiger partial charge in [-0.1, -0.05) is 6.07 Å². The molecule has 3 rings (SSSR count). The molecule has 0 atom stereocenters. The molecule has 0 unspecified atom stereocenters. The molecule has 0 spiro atoms. The van der Waals surface area contributed by atoms with Gasteiger partial charge in [0.2, 0.25) is 0 Å². The SMILES string of the molecule is O=c1[nH]c2c(F)cccc2n2ncc(C(F)(F)F)c12. The van der Waals surface area contributed by atoms with Gasteiger partial charge in [0, 0.05) is 0 Å². The minimum Gasteiger partial charge on any atom is -0.316 e. The summed E-state index contributed by atoms with van der Waals surface area (Å²) in [6, 6.07) is 3.79. The van der Waals surface area contributed by atoms with Crippen LogP contribution in [0.1, 0.15) is 5.56 Å². The Balaban J connectivity index is 2.56. The number of benzene rings is 1. The van der Waals surface area contributed by atoms with Gasteiger partial charge in [-0.3, -0.25) is 4.79 Å². The maximum Gasteiger partial charge on any atom is 0.420 e. The maximum atomic E-state index is 13.5. The molecule has 0 amide bonds. The van der Waals surface area contributed by atoms with Crippen LogP contribution >= 0.6 is 0 Å². The third-order valence-electron chi connectivity index (χ3n) is 2.75. The first-order valence-electron chi connectivity index (χ1n) is 5.15. The van der Waals surface area contributed by atoms with Crippen molar-refractivity contribution in [2.45, 2.75) is 6.18 Å². The molecule has 2 aromatic heterocycles. The zero-order valence-electron chi connectivity index (χ0n) is 9.12. The van der Waals surface area contributed by atoms with Crippen LogP contribution in [0.3, 0.4) is 0 Å². The Kier molecular flexibility index (Phi) is 2.19. The van der Waals surface area contributed by atoms with E-state index < -0.39 is 28.6 Å². The highest BCUT2D eigenvalue weighted by Gasteiger charge is 2.36. The van der Waals surface area contributed by atoms with Crippen LogP contribution < -0.4 is 5.56 Å². The summed E-state index contributed by atoms with van der Waals surface area (Å²) in [5.74, 6) is -0.736. The summed E-state index contributed by atoms with van der Waals surface area (Å²) >= 11 is 0. The van der Waals surface area contributed by atoms with Crippen LogP contribution in [-0.4, -0.2) is 14.6 Å². The zero-order valence-corrected chi connectivity index (χ0v) is 9.12. The highest BCUT2D eigenvalue weighted by molar-refractivity contribution is 5.79. The first-order chi connectivity index (χ1) is 8.89. The topological polar surface area (TPSA) is 50.2 Å². The Morgan fingerprint density at radius 2 is 2.00 bits per heavy atom. The summed E-state index contributed by atoms with van der Waals surface area (Å²) in [7, 11) is 0. The number of rotatable bonds is 0. The number of nitrogens with zero attached hydrogens (tertiary/aromatic N) is 2. The molecule has 3 aromatic rings. The van der Waals surface area contributed by atoms with Crippen LogP contribution in [0, 0.1) is 5.82 Å². The smallest absolute Gasteiger partial charge is 0.316 e. The summed E-state index contributed by atoms with van der Waals surface area (Å²) in [5.41, 5.74) is -2.96. The van der Waals surface area contributed by atoms with E-state index in [0.29, 0.717) is 6.20 Å². The second-order valence-corrected chi connectivity index (χ2v) is 3.90. The van der Waals surface area contributed by atoms with Crippen LogP contribution in [0.15, 0.2) is 29.2 Å². The van der Waals surface area contributed by atoms with Gasteiger partial charge in [-0.15, -0.1) is 0 Å². The van der Waals surface area contributed by atoms with E-state index in [2.05, 4.69) is 10.1 Å². The number of H-pyrrole nitrogens is 1. The quantitative estimate of drug-likeness (QED) is 0.638. The number of halogens is 4. The van der Waals surface area contributed by atoms with Crippen LogP contribution in [0.5, 0.6) is 0 Å². The van der Waals surface area contributed by atoms with Crippen molar-refractivity contribution in [1.29, 1.82) is 0 Å². The van der Waals surface area contributed by atoms with E-state index in [1.54, 1.807) is 0 Å². The normalized spacial score (nSPS) is 12.4. The summed E-state index contributed by atoms with van der Waals surface area (Å²) in [4.78, 5) is 13.8. The molecule has 4 nitrogen and oxygen atoms in total. The van der Waals surface area contributed by atoms with Gasteiger partial charge in [0.25, 0.3) is 5.56 Å². The number of alkyl halides is 3. The summed E-state index contributed by atoms with van der Waals surface area (Å²) in [6.07, 6.45) is -4.15. The molecule has 0 aliphatic heterocycles. The molecule has 98 valence electrons. The number of fused-ring (bicyclic) bond motifs is 3. The third-order valence-corrected chi connectivity index (χ3v) is 2.75. The van der Waals surface area contributed by atoms with E-state index in [9.17, 15) is 22.4 Å². The Bertz CT molecular complexity index is 847. The zero-order chi connectivity index (χ0) is 13.8. The van der Waals surface area contributed by atoms with Gasteiger partial charge >= 0.3 is 6.18 Å². The Labute approximate surface area is 102 Å². The number of nitrogens with one attached hydrogen (secondary N) is 1. The molecule has 0 saturated heterocycles. The van der Waals surface area contributed by atoms with Crippen LogP contribution in [0.2, 0.25) is 0 Å². The number of para-hydroxylation sites is 1. The third kappa shape index (κ3) is 1.60. The molecule has 1 N–H and O–H groups in total. The molecule has 19 heavy (non-hydrogen) atoms. The Morgan fingerprint density at radius 3 is 2.68 bits per heavy atom. The molecule has 1 aromatic carbocycles. The van der Waals surface area contributed by atoms with Crippen molar-refractivity contribution in [2.75, 3.05) is 0 Å². The molecular weight excluding hydrogens is 266 g/mol. The van der Waals surface area contributed by atoms with Gasteiger partial charge in [0.1, 0.15) is 22.4 Å². The van der Waals surface area contributed by atoms with Gasteiger partial charge < -0.3 is 4.98 Å². The first-order valence-corrected chi connectivity index (χ1v) is 5.15. The molecule has 0 fully saturated rings. The summed E-state index contributed by atoms with van der Waals surface area (Å²) in [5, 5.41) is 3.53. The molecular formula is C11H5F4N3O. The number of hydrogen-bond donors (Lipinski definition) is 1. The lowest BCUT2D eigenvalue weighted by molar-refractivity contribution is -0.136. The van der Waals surface area contributed by atoms with E-state index >= 15 is 0 Å². The van der Waals surface area contributed by atoms with Gasteiger partial charge in [-0.2, -0.15) is 18.3 Å². The number of aromatic amines is 1. The highest BCUT2D eigenvalue weighted by atomic mass is 19.4. The molecule has 0 aliphatic rings. The summed E-state index contributed by atoms with van der Waals surface area (Å²) in [6.45, 7) is 0. The van der Waals surface area contributed by atoms with E-state index in [0.717, 1.165) is 10.6 Å². The van der Waals surface area contributed by atoms with Crippen LogP contribution in [0.25, 0.3) is 16.6 Å². The van der Waals surface area contributed by atoms with Crippen molar-refractivity contribution in [3.8, 4) is 0 Å². The Hall–Kier alpha value is -2.38. The molecule has 0 radical (unpaired) electrons. The van der Waals surface area contributed by atoms with Crippen molar-refractivity contribution in [3.63, 3.8) is 0 Å². The monoisotopic (exact) mass is 271 g/mol. The lowest BCUT2D eigenvalue weighted by atomic mass is 10.2. The van der Waals surface area contributed by atoms with Crippen molar-refractivity contribution in [2.24, 2.45) is 0 Å². The average molecular weight is 271 g/mol. The first kappa shape index (κ1) is 11.7. The molecule has 8 heteroatoms. The number of aromatic nitrogens is 3. The van der Waals surface area contributed by atoms with E-state index in [1.807, 2.05) is 0 Å². The average Bonchev–Trinajstić information content (AvgIpc) is 2.76. The van der Waals surface area contributed by atoms with Crippen molar-refractivity contribution in [3.05, 3.63) is 46.1 Å². The van der Waals surface area contributed by atoms with Gasteiger partial charge in [-0.25, -0.2) is 8.91 Å². The number of hydrogen-bond acceptors (Lipinski definition) is 2. The van der Waals surface area contributed by atoms with E-state index in [-0.39, 0.29) is 11.0 Å².